The number of hydrogen-bond donors (Lipinski definition) is 2. The van der Waals surface area contributed by atoms with Crippen LogP contribution in [0.2, 0.25) is 0 Å². The highest BCUT2D eigenvalue weighted by Gasteiger charge is 2.37. The zero-order chi connectivity index (χ0) is 18.5. The van der Waals surface area contributed by atoms with Gasteiger partial charge in [0.25, 0.3) is 6.04 Å². The van der Waals surface area contributed by atoms with Crippen LogP contribution in [0.4, 0.5) is 0 Å². The molecule has 3 rings (SSSR count). The molecule has 25 heavy (non-hydrogen) atoms. The number of aryl methyl sites for hydroxylation is 1. The molecule has 1 aliphatic heterocycles. The Balaban J connectivity index is 2.16. The van der Waals surface area contributed by atoms with Crippen molar-refractivity contribution >= 4 is 16.7 Å². The molecule has 5 heteroatoms. The van der Waals surface area contributed by atoms with E-state index in [0.717, 1.165) is 27.8 Å². The molecule has 0 aliphatic carbocycles. The average Bonchev–Trinajstić information content (AvgIpc) is 2.92. The van der Waals surface area contributed by atoms with Crippen molar-refractivity contribution in [2.75, 3.05) is 0 Å². The largest absolute Gasteiger partial charge is 0.486 e. The zero-order valence-electron chi connectivity index (χ0n) is 15.4. The van der Waals surface area contributed by atoms with E-state index in [-0.39, 0.29) is 12.0 Å². The number of nitrogens with zero attached hydrogens (tertiary/aromatic N) is 1. The first-order valence-corrected chi connectivity index (χ1v) is 8.69. The number of carbonyl (C=O) groups is 1. The molecule has 0 amide bonds. The minimum absolute atomic E-state index is 0.0412. The fraction of sp³-hybridized carbons (Fsp3) is 0.500. The van der Waals surface area contributed by atoms with Gasteiger partial charge in [-0.2, -0.15) is 4.57 Å². The summed E-state index contributed by atoms with van der Waals surface area (Å²) in [5, 5.41) is 21.8. The summed E-state index contributed by atoms with van der Waals surface area (Å²) < 4.78 is 7.89. The lowest BCUT2D eigenvalue weighted by atomic mass is 9.96. The van der Waals surface area contributed by atoms with Crippen LogP contribution < -0.4 is 9.30 Å². The Kier molecular flexibility index (Phi) is 4.23. The predicted octanol–water partition coefficient (Wildman–Crippen LogP) is 2.79. The van der Waals surface area contributed by atoms with Crippen LogP contribution in [0.25, 0.3) is 10.8 Å². The Morgan fingerprint density at radius 3 is 2.60 bits per heavy atom. The Morgan fingerprint density at radius 1 is 1.36 bits per heavy atom. The Morgan fingerprint density at radius 2 is 2.04 bits per heavy atom. The van der Waals surface area contributed by atoms with E-state index in [1.807, 2.05) is 49.7 Å². The summed E-state index contributed by atoms with van der Waals surface area (Å²) in [4.78, 5) is 11.8. The van der Waals surface area contributed by atoms with Crippen LogP contribution >= 0.6 is 0 Å². The van der Waals surface area contributed by atoms with Gasteiger partial charge in [0, 0.05) is 25.3 Å². The van der Waals surface area contributed by atoms with Crippen LogP contribution in [0.5, 0.6) is 5.75 Å². The standard InChI is InChI=1S/C20H25NO4/c1-11(2)17(19(22)23)21-10-15-13(8-12(21)3)6-7-14-9-16(20(4,5)24)25-18(14)15/h6-8,10-11,16-17,24H,9H2,1-5H3/p+1. The van der Waals surface area contributed by atoms with E-state index in [2.05, 4.69) is 0 Å². The summed E-state index contributed by atoms with van der Waals surface area (Å²) in [5.41, 5.74) is 1.00. The van der Waals surface area contributed by atoms with Gasteiger partial charge in [-0.1, -0.05) is 26.0 Å². The van der Waals surface area contributed by atoms with Gasteiger partial charge in [0.1, 0.15) is 11.9 Å². The van der Waals surface area contributed by atoms with Gasteiger partial charge >= 0.3 is 5.97 Å². The number of rotatable bonds is 4. The first-order chi connectivity index (χ1) is 11.6. The molecule has 0 radical (unpaired) electrons. The van der Waals surface area contributed by atoms with Gasteiger partial charge in [-0.15, -0.1) is 0 Å². The van der Waals surface area contributed by atoms with Gasteiger partial charge in [0.15, 0.2) is 11.9 Å². The number of carboxylic acids is 1. The Hall–Kier alpha value is -2.14. The van der Waals surface area contributed by atoms with Crippen LogP contribution in [0.1, 0.15) is 45.0 Å². The molecule has 0 spiro atoms. The van der Waals surface area contributed by atoms with Crippen LogP contribution in [0.3, 0.4) is 0 Å². The average molecular weight is 344 g/mol. The first-order valence-electron chi connectivity index (χ1n) is 8.69. The van der Waals surface area contributed by atoms with Crippen LogP contribution in [0, 0.1) is 12.8 Å². The molecular weight excluding hydrogens is 318 g/mol. The number of ether oxygens (including phenoxy) is 1. The Bertz CT molecular complexity index is 836. The smallest absolute Gasteiger partial charge is 0.373 e. The van der Waals surface area contributed by atoms with Crippen molar-refractivity contribution in [3.8, 4) is 5.75 Å². The third-order valence-electron chi connectivity index (χ3n) is 4.99. The quantitative estimate of drug-likeness (QED) is 0.837. The molecule has 1 aliphatic rings. The number of hydrogen-bond acceptors (Lipinski definition) is 3. The molecule has 0 bridgehead atoms. The number of carboxylic acid groups (broad SMARTS) is 1. The third-order valence-corrected chi connectivity index (χ3v) is 4.99. The van der Waals surface area contributed by atoms with E-state index in [1.54, 1.807) is 13.8 Å². The molecule has 2 atom stereocenters. The van der Waals surface area contributed by atoms with Gasteiger partial charge < -0.3 is 14.9 Å². The van der Waals surface area contributed by atoms with Gasteiger partial charge in [-0.25, -0.2) is 4.79 Å². The number of pyridine rings is 1. The van der Waals surface area contributed by atoms with E-state index in [1.165, 1.54) is 0 Å². The maximum atomic E-state index is 11.8. The van der Waals surface area contributed by atoms with Crippen molar-refractivity contribution in [1.82, 2.24) is 0 Å². The topological polar surface area (TPSA) is 70.6 Å². The highest BCUT2D eigenvalue weighted by atomic mass is 16.5. The molecule has 5 nitrogen and oxygen atoms in total. The second-order valence-electron chi connectivity index (χ2n) is 7.87. The lowest BCUT2D eigenvalue weighted by Gasteiger charge is -2.24. The van der Waals surface area contributed by atoms with Crippen molar-refractivity contribution in [3.63, 3.8) is 0 Å². The summed E-state index contributed by atoms with van der Waals surface area (Å²) in [5.74, 6) is -0.128. The zero-order valence-corrected chi connectivity index (χ0v) is 15.4. The number of aliphatic hydroxyl groups is 1. The minimum Gasteiger partial charge on any atom is -0.486 e. The van der Waals surface area contributed by atoms with Crippen molar-refractivity contribution in [2.45, 2.75) is 58.8 Å². The van der Waals surface area contributed by atoms with E-state index in [4.69, 9.17) is 4.74 Å². The second-order valence-corrected chi connectivity index (χ2v) is 7.87. The Labute approximate surface area is 147 Å². The second kappa shape index (κ2) is 5.99. The maximum Gasteiger partial charge on any atom is 0.373 e. The van der Waals surface area contributed by atoms with Gasteiger partial charge in [0.2, 0.25) is 0 Å². The van der Waals surface area contributed by atoms with Gasteiger partial charge in [-0.05, 0) is 24.8 Å². The molecule has 134 valence electrons. The molecule has 2 aromatic rings. The number of aliphatic carboxylic acids is 1. The molecular formula is C20H26NO4+. The number of fused-ring (bicyclic) bond motifs is 3. The SMILES string of the molecule is Cc1cc2ccc3c(c2c[n+]1C(C(=O)O)C(C)C)OC(C(C)(C)O)C3. The lowest BCUT2D eigenvalue weighted by molar-refractivity contribution is -0.720. The van der Waals surface area contributed by atoms with E-state index in [0.29, 0.717) is 6.42 Å². The molecule has 1 aromatic heterocycles. The fourth-order valence-corrected chi connectivity index (χ4v) is 3.56. The van der Waals surface area contributed by atoms with Crippen LogP contribution in [-0.2, 0) is 11.2 Å². The number of benzene rings is 1. The van der Waals surface area contributed by atoms with Gasteiger partial charge in [0.05, 0.1) is 11.0 Å². The normalized spacial score (nSPS) is 18.3. The highest BCUT2D eigenvalue weighted by Crippen LogP contribution is 2.38. The van der Waals surface area contributed by atoms with E-state index < -0.39 is 17.6 Å². The van der Waals surface area contributed by atoms with Crippen molar-refractivity contribution < 1.29 is 24.3 Å². The lowest BCUT2D eigenvalue weighted by Crippen LogP contribution is -2.48. The van der Waals surface area contributed by atoms with Crippen molar-refractivity contribution in [2.24, 2.45) is 5.92 Å². The summed E-state index contributed by atoms with van der Waals surface area (Å²) in [6.45, 7) is 9.23. The summed E-state index contributed by atoms with van der Waals surface area (Å²) in [6, 6.07) is 5.43. The molecule has 0 saturated carbocycles. The third kappa shape index (κ3) is 3.09. The molecule has 0 saturated heterocycles. The minimum atomic E-state index is -0.937. The summed E-state index contributed by atoms with van der Waals surface area (Å²) in [6.07, 6.45) is 2.23. The summed E-state index contributed by atoms with van der Waals surface area (Å²) in [7, 11) is 0. The predicted molar refractivity (Wildman–Crippen MR) is 94.8 cm³/mol. The number of aromatic nitrogens is 1. The van der Waals surface area contributed by atoms with Crippen LogP contribution in [-0.4, -0.2) is 27.9 Å². The first kappa shape index (κ1) is 17.7. The van der Waals surface area contributed by atoms with Crippen LogP contribution in [0.15, 0.2) is 24.4 Å². The molecule has 2 N–H and O–H groups in total. The maximum absolute atomic E-state index is 11.8. The van der Waals surface area contributed by atoms with E-state index >= 15 is 0 Å². The monoisotopic (exact) mass is 344 g/mol. The van der Waals surface area contributed by atoms with E-state index in [9.17, 15) is 15.0 Å². The summed E-state index contributed by atoms with van der Waals surface area (Å²) >= 11 is 0. The fourth-order valence-electron chi connectivity index (χ4n) is 3.56. The highest BCUT2D eigenvalue weighted by molar-refractivity contribution is 5.89. The van der Waals surface area contributed by atoms with Crippen molar-refractivity contribution in [3.05, 3.63) is 35.7 Å². The van der Waals surface area contributed by atoms with Gasteiger partial charge in [-0.3, -0.25) is 0 Å². The molecule has 0 fully saturated rings. The molecule has 1 aromatic carbocycles. The molecule has 2 heterocycles. The van der Waals surface area contributed by atoms with Crippen molar-refractivity contribution in [1.29, 1.82) is 0 Å². The molecule has 2 unspecified atom stereocenters.